The number of hydrogen-bond donors (Lipinski definition) is 2. The van der Waals surface area contributed by atoms with E-state index in [-0.39, 0.29) is 24.0 Å². The fraction of sp³-hybridized carbons (Fsp3) is 0.526. The first-order valence-corrected chi connectivity index (χ1v) is 8.48. The summed E-state index contributed by atoms with van der Waals surface area (Å²) in [6.07, 6.45) is 3.63. The molecular weight excluding hydrogens is 429 g/mol. The van der Waals surface area contributed by atoms with Gasteiger partial charge < -0.3 is 20.1 Å². The van der Waals surface area contributed by atoms with Crippen molar-refractivity contribution in [2.45, 2.75) is 46.2 Å². The highest BCUT2D eigenvalue weighted by Gasteiger charge is 2.12. The van der Waals surface area contributed by atoms with Crippen LogP contribution in [-0.4, -0.2) is 32.8 Å². The summed E-state index contributed by atoms with van der Waals surface area (Å²) in [5.74, 6) is 2.31. The minimum Gasteiger partial charge on any atom is -0.493 e. The van der Waals surface area contributed by atoms with Crippen molar-refractivity contribution < 1.29 is 9.47 Å². The molecule has 0 heterocycles. The zero-order valence-electron chi connectivity index (χ0n) is 16.0. The summed E-state index contributed by atoms with van der Waals surface area (Å²) in [4.78, 5) is 4.68. The lowest BCUT2D eigenvalue weighted by Crippen LogP contribution is -2.41. The van der Waals surface area contributed by atoms with E-state index >= 15 is 0 Å². The molecule has 0 aromatic heterocycles. The van der Waals surface area contributed by atoms with E-state index in [0.717, 1.165) is 48.0 Å². The Labute approximate surface area is 169 Å². The number of ether oxygens (including phenoxy) is 2. The summed E-state index contributed by atoms with van der Waals surface area (Å²) in [5.41, 5.74) is 2.13. The number of guanidine groups is 1. The van der Waals surface area contributed by atoms with E-state index in [1.165, 1.54) is 0 Å². The van der Waals surface area contributed by atoms with E-state index in [2.05, 4.69) is 49.0 Å². The normalized spacial score (nSPS) is 12.0. The fourth-order valence-electron chi connectivity index (χ4n) is 2.33. The highest BCUT2D eigenvalue weighted by atomic mass is 127. The predicted octanol–water partition coefficient (Wildman–Crippen LogP) is 3.90. The number of aliphatic imine (C=N–C) groups is 1. The number of nitrogens with one attached hydrogen (secondary N) is 2. The van der Waals surface area contributed by atoms with Crippen molar-refractivity contribution in [1.29, 1.82) is 0 Å². The lowest BCUT2D eigenvalue weighted by molar-refractivity contribution is 0.352. The van der Waals surface area contributed by atoms with Gasteiger partial charge in [-0.25, -0.2) is 4.99 Å². The van der Waals surface area contributed by atoms with Crippen LogP contribution in [0.4, 0.5) is 0 Å². The summed E-state index contributed by atoms with van der Waals surface area (Å²) < 4.78 is 10.9. The number of rotatable bonds is 9. The summed E-state index contributed by atoms with van der Waals surface area (Å²) in [5, 5.41) is 6.67. The molecule has 5 nitrogen and oxygen atoms in total. The number of methoxy groups -OCH3 is 2. The molecule has 0 radical (unpaired) electrons. The molecule has 0 spiro atoms. The number of benzene rings is 1. The van der Waals surface area contributed by atoms with Crippen molar-refractivity contribution in [1.82, 2.24) is 10.6 Å². The molecule has 1 aromatic rings. The third-order valence-electron chi connectivity index (χ3n) is 3.74. The van der Waals surface area contributed by atoms with Crippen molar-refractivity contribution in [2.75, 3.05) is 20.8 Å². The van der Waals surface area contributed by atoms with Gasteiger partial charge in [0.15, 0.2) is 17.5 Å². The average molecular weight is 461 g/mol. The molecule has 0 fully saturated rings. The minimum atomic E-state index is 0. The van der Waals surface area contributed by atoms with Gasteiger partial charge in [0.1, 0.15) is 0 Å². The van der Waals surface area contributed by atoms with Gasteiger partial charge in [-0.2, -0.15) is 0 Å². The molecule has 0 aliphatic carbocycles. The highest BCUT2D eigenvalue weighted by molar-refractivity contribution is 14.0. The minimum absolute atomic E-state index is 0. The molecule has 0 bridgehead atoms. The standard InChI is InChI=1S/C19H31N3O2.HI/c1-7-10-16-11-15(12-17(23-5)18(16)24-6)13-21-19(20-9-3)22-14(4)8-2;/h7,11-12,14H,1,8-10,13H2,2-6H3,(H2,20,21,22);1H. The SMILES string of the molecule is C=CCc1cc(CN=C(NCC)NC(C)CC)cc(OC)c1OC.I. The van der Waals surface area contributed by atoms with Gasteiger partial charge in [0.2, 0.25) is 0 Å². The molecule has 6 heteroatoms. The van der Waals surface area contributed by atoms with Gasteiger partial charge in [0.25, 0.3) is 0 Å². The second kappa shape index (κ2) is 12.9. The maximum absolute atomic E-state index is 5.47. The van der Waals surface area contributed by atoms with Crippen LogP contribution in [0.5, 0.6) is 11.5 Å². The van der Waals surface area contributed by atoms with E-state index in [1.807, 2.05) is 12.1 Å². The van der Waals surface area contributed by atoms with Crippen LogP contribution in [-0.2, 0) is 13.0 Å². The van der Waals surface area contributed by atoms with Crippen molar-refractivity contribution in [2.24, 2.45) is 4.99 Å². The Kier molecular flexibility index (Phi) is 12.1. The van der Waals surface area contributed by atoms with Crippen LogP contribution in [0, 0.1) is 0 Å². The van der Waals surface area contributed by atoms with Gasteiger partial charge in [-0.3, -0.25) is 0 Å². The Bertz CT molecular complexity index is 562. The van der Waals surface area contributed by atoms with Crippen molar-refractivity contribution in [3.05, 3.63) is 35.9 Å². The number of nitrogens with zero attached hydrogens (tertiary/aromatic N) is 1. The molecule has 142 valence electrons. The Morgan fingerprint density at radius 3 is 2.52 bits per heavy atom. The second-order valence-corrected chi connectivity index (χ2v) is 5.63. The molecule has 0 aliphatic rings. The van der Waals surface area contributed by atoms with Gasteiger partial charge in [-0.05, 0) is 44.4 Å². The molecule has 1 rings (SSSR count). The lowest BCUT2D eigenvalue weighted by atomic mass is 10.1. The van der Waals surface area contributed by atoms with Crippen LogP contribution >= 0.6 is 24.0 Å². The van der Waals surface area contributed by atoms with Crippen LogP contribution in [0.2, 0.25) is 0 Å². The molecule has 1 atom stereocenters. The Balaban J connectivity index is 0.00000576. The zero-order valence-corrected chi connectivity index (χ0v) is 18.3. The summed E-state index contributed by atoms with van der Waals surface area (Å²) in [7, 11) is 3.30. The molecule has 1 aromatic carbocycles. The van der Waals surface area contributed by atoms with Gasteiger partial charge in [-0.15, -0.1) is 30.6 Å². The molecule has 25 heavy (non-hydrogen) atoms. The third kappa shape index (κ3) is 7.54. The quantitative estimate of drug-likeness (QED) is 0.254. The topological polar surface area (TPSA) is 54.9 Å². The monoisotopic (exact) mass is 461 g/mol. The molecule has 0 saturated carbocycles. The van der Waals surface area contributed by atoms with E-state index in [1.54, 1.807) is 14.2 Å². The predicted molar refractivity (Wildman–Crippen MR) is 117 cm³/mol. The summed E-state index contributed by atoms with van der Waals surface area (Å²) >= 11 is 0. The van der Waals surface area contributed by atoms with Crippen LogP contribution in [0.15, 0.2) is 29.8 Å². The fourth-order valence-corrected chi connectivity index (χ4v) is 2.33. The maximum atomic E-state index is 5.47. The average Bonchev–Trinajstić information content (AvgIpc) is 2.59. The molecule has 1 unspecified atom stereocenters. The second-order valence-electron chi connectivity index (χ2n) is 5.63. The molecule has 0 amide bonds. The lowest BCUT2D eigenvalue weighted by Gasteiger charge is -2.17. The van der Waals surface area contributed by atoms with Crippen LogP contribution in [0.1, 0.15) is 38.3 Å². The first-order chi connectivity index (χ1) is 11.6. The molecule has 0 saturated heterocycles. The summed E-state index contributed by atoms with van der Waals surface area (Å²) in [6.45, 7) is 11.6. The third-order valence-corrected chi connectivity index (χ3v) is 3.74. The Hall–Kier alpha value is -1.44. The first kappa shape index (κ1) is 23.6. The number of hydrogen-bond acceptors (Lipinski definition) is 3. The van der Waals surface area contributed by atoms with E-state index in [4.69, 9.17) is 9.47 Å². The molecule has 0 aliphatic heterocycles. The number of allylic oxidation sites excluding steroid dienone is 1. The maximum Gasteiger partial charge on any atom is 0.191 e. The van der Waals surface area contributed by atoms with Crippen molar-refractivity contribution >= 4 is 29.9 Å². The summed E-state index contributed by atoms with van der Waals surface area (Å²) in [6, 6.07) is 4.45. The van der Waals surface area contributed by atoms with Gasteiger partial charge in [0.05, 0.1) is 20.8 Å². The van der Waals surface area contributed by atoms with Gasteiger partial charge in [-0.1, -0.05) is 13.0 Å². The first-order valence-electron chi connectivity index (χ1n) is 8.48. The van der Waals surface area contributed by atoms with Crippen LogP contribution in [0.25, 0.3) is 0 Å². The highest BCUT2D eigenvalue weighted by Crippen LogP contribution is 2.33. The van der Waals surface area contributed by atoms with Crippen LogP contribution in [0.3, 0.4) is 0 Å². The van der Waals surface area contributed by atoms with E-state index in [0.29, 0.717) is 12.6 Å². The zero-order chi connectivity index (χ0) is 17.9. The van der Waals surface area contributed by atoms with Crippen LogP contribution < -0.4 is 20.1 Å². The molecular formula is C19H32IN3O2. The van der Waals surface area contributed by atoms with E-state index in [9.17, 15) is 0 Å². The Morgan fingerprint density at radius 2 is 2.00 bits per heavy atom. The number of halogens is 1. The largest absolute Gasteiger partial charge is 0.493 e. The van der Waals surface area contributed by atoms with Crippen molar-refractivity contribution in [3.63, 3.8) is 0 Å². The van der Waals surface area contributed by atoms with E-state index < -0.39 is 0 Å². The van der Waals surface area contributed by atoms with Crippen molar-refractivity contribution in [3.8, 4) is 11.5 Å². The smallest absolute Gasteiger partial charge is 0.191 e. The molecule has 2 N–H and O–H groups in total. The van der Waals surface area contributed by atoms with Gasteiger partial charge in [0, 0.05) is 18.2 Å². The Morgan fingerprint density at radius 1 is 1.28 bits per heavy atom. The van der Waals surface area contributed by atoms with Gasteiger partial charge >= 0.3 is 0 Å².